The van der Waals surface area contributed by atoms with Crippen molar-refractivity contribution in [2.75, 3.05) is 58.3 Å². The SMILES string of the molecule is COc1ccc(C(=O)N2CCC(OC3CCN(CC(C)C)CC3)CC2)cc1N(C)CCC(=O)NC=O. The van der Waals surface area contributed by atoms with Gasteiger partial charge in [0.15, 0.2) is 0 Å². The summed E-state index contributed by atoms with van der Waals surface area (Å²) < 4.78 is 11.9. The summed E-state index contributed by atoms with van der Waals surface area (Å²) in [6, 6.07) is 5.38. The van der Waals surface area contributed by atoms with Crippen LogP contribution in [-0.4, -0.2) is 93.7 Å². The van der Waals surface area contributed by atoms with E-state index in [1.165, 1.54) is 0 Å². The maximum absolute atomic E-state index is 13.3. The van der Waals surface area contributed by atoms with Crippen LogP contribution in [0.3, 0.4) is 0 Å². The number of piperidine rings is 2. The minimum absolute atomic E-state index is 0.00792. The standard InChI is InChI=1S/C27H42N4O5/c1-20(2)18-30-13-7-22(8-14-30)36-23-9-15-31(16-10-23)27(34)21-5-6-25(35-4)24(17-21)29(3)12-11-26(33)28-19-32/h5-6,17,19-20,22-23H,7-16,18H2,1-4H3,(H,28,32,33). The van der Waals surface area contributed by atoms with Crippen molar-refractivity contribution in [1.82, 2.24) is 15.1 Å². The third-order valence-electron chi connectivity index (χ3n) is 7.00. The Morgan fingerprint density at radius 1 is 1.11 bits per heavy atom. The Balaban J connectivity index is 1.51. The predicted molar refractivity (Wildman–Crippen MR) is 139 cm³/mol. The fraction of sp³-hybridized carbons (Fsp3) is 0.667. The average Bonchev–Trinajstić information content (AvgIpc) is 2.88. The Morgan fingerprint density at radius 3 is 2.33 bits per heavy atom. The third-order valence-corrected chi connectivity index (χ3v) is 7.00. The van der Waals surface area contributed by atoms with Gasteiger partial charge >= 0.3 is 0 Å². The summed E-state index contributed by atoms with van der Waals surface area (Å²) in [6.45, 7) is 9.64. The topological polar surface area (TPSA) is 91.4 Å². The molecule has 0 radical (unpaired) electrons. The van der Waals surface area contributed by atoms with Crippen LogP contribution in [0.1, 0.15) is 56.3 Å². The summed E-state index contributed by atoms with van der Waals surface area (Å²) in [5.74, 6) is 0.957. The van der Waals surface area contributed by atoms with Gasteiger partial charge in [-0.1, -0.05) is 13.8 Å². The van der Waals surface area contributed by atoms with Crippen molar-refractivity contribution in [3.63, 3.8) is 0 Å². The molecule has 1 N–H and O–H groups in total. The van der Waals surface area contributed by atoms with Gasteiger partial charge in [0.1, 0.15) is 5.75 Å². The molecule has 200 valence electrons. The van der Waals surface area contributed by atoms with Crippen LogP contribution in [0.15, 0.2) is 18.2 Å². The summed E-state index contributed by atoms with van der Waals surface area (Å²) in [5, 5.41) is 2.14. The molecule has 2 aliphatic rings. The third kappa shape index (κ3) is 7.93. The van der Waals surface area contributed by atoms with Gasteiger partial charge in [-0.05, 0) is 49.8 Å². The molecule has 9 nitrogen and oxygen atoms in total. The Kier molecular flexibility index (Phi) is 10.6. The zero-order valence-corrected chi connectivity index (χ0v) is 22.2. The van der Waals surface area contributed by atoms with E-state index in [4.69, 9.17) is 9.47 Å². The van der Waals surface area contributed by atoms with Crippen molar-refractivity contribution in [3.8, 4) is 5.75 Å². The molecular formula is C27H42N4O5. The lowest BCUT2D eigenvalue weighted by molar-refractivity contribution is -0.125. The number of benzene rings is 1. The summed E-state index contributed by atoms with van der Waals surface area (Å²) in [7, 11) is 3.41. The van der Waals surface area contributed by atoms with E-state index in [1.807, 2.05) is 22.9 Å². The number of rotatable bonds is 11. The van der Waals surface area contributed by atoms with Crippen molar-refractivity contribution in [2.24, 2.45) is 5.92 Å². The van der Waals surface area contributed by atoms with Gasteiger partial charge in [-0.25, -0.2) is 0 Å². The number of imide groups is 1. The van der Waals surface area contributed by atoms with Crippen molar-refractivity contribution >= 4 is 23.9 Å². The number of methoxy groups -OCH3 is 1. The van der Waals surface area contributed by atoms with Gasteiger partial charge in [-0.3, -0.25) is 19.7 Å². The molecule has 0 unspecified atom stereocenters. The van der Waals surface area contributed by atoms with Gasteiger partial charge in [0.05, 0.1) is 25.0 Å². The highest BCUT2D eigenvalue weighted by Gasteiger charge is 2.28. The van der Waals surface area contributed by atoms with Gasteiger partial charge in [0, 0.05) is 58.3 Å². The average molecular weight is 503 g/mol. The van der Waals surface area contributed by atoms with Crippen molar-refractivity contribution in [1.29, 1.82) is 0 Å². The number of amides is 3. The summed E-state index contributed by atoms with van der Waals surface area (Å²) in [4.78, 5) is 41.6. The molecular weight excluding hydrogens is 460 g/mol. The molecule has 9 heteroatoms. The van der Waals surface area contributed by atoms with E-state index in [2.05, 4.69) is 24.1 Å². The fourth-order valence-corrected chi connectivity index (χ4v) is 5.04. The zero-order chi connectivity index (χ0) is 26.1. The molecule has 3 amide bonds. The van der Waals surface area contributed by atoms with Crippen molar-refractivity contribution in [2.45, 2.75) is 58.2 Å². The molecule has 0 saturated carbocycles. The second-order valence-electron chi connectivity index (χ2n) is 10.3. The Hall–Kier alpha value is -2.65. The largest absolute Gasteiger partial charge is 0.495 e. The lowest BCUT2D eigenvalue weighted by Crippen LogP contribution is -2.44. The van der Waals surface area contributed by atoms with Crippen LogP contribution in [0.4, 0.5) is 5.69 Å². The summed E-state index contributed by atoms with van der Waals surface area (Å²) >= 11 is 0. The second kappa shape index (κ2) is 13.6. The lowest BCUT2D eigenvalue weighted by atomic mass is 10.0. The van der Waals surface area contributed by atoms with Crippen LogP contribution in [0, 0.1) is 5.92 Å². The van der Waals surface area contributed by atoms with Gasteiger partial charge in [-0.15, -0.1) is 0 Å². The van der Waals surface area contributed by atoms with E-state index in [9.17, 15) is 14.4 Å². The van der Waals surface area contributed by atoms with E-state index >= 15 is 0 Å². The maximum Gasteiger partial charge on any atom is 0.253 e. The summed E-state index contributed by atoms with van der Waals surface area (Å²) in [6.07, 6.45) is 4.96. The second-order valence-corrected chi connectivity index (χ2v) is 10.3. The molecule has 36 heavy (non-hydrogen) atoms. The van der Waals surface area contributed by atoms with E-state index < -0.39 is 0 Å². The summed E-state index contributed by atoms with van der Waals surface area (Å²) in [5.41, 5.74) is 1.32. The molecule has 0 aliphatic carbocycles. The lowest BCUT2D eigenvalue weighted by Gasteiger charge is -2.37. The molecule has 1 aromatic rings. The van der Waals surface area contributed by atoms with Crippen molar-refractivity contribution in [3.05, 3.63) is 23.8 Å². The zero-order valence-electron chi connectivity index (χ0n) is 22.2. The first-order valence-corrected chi connectivity index (χ1v) is 13.1. The Bertz CT molecular complexity index is 877. The molecule has 0 bridgehead atoms. The van der Waals surface area contributed by atoms with Gasteiger partial charge in [0.2, 0.25) is 12.3 Å². The monoisotopic (exact) mass is 502 g/mol. The van der Waals surface area contributed by atoms with Gasteiger partial charge in [0.25, 0.3) is 5.91 Å². The van der Waals surface area contributed by atoms with E-state index in [1.54, 1.807) is 19.2 Å². The highest BCUT2D eigenvalue weighted by atomic mass is 16.5. The number of anilines is 1. The van der Waals surface area contributed by atoms with E-state index in [0.29, 0.717) is 49.4 Å². The quantitative estimate of drug-likeness (QED) is 0.465. The Morgan fingerprint density at radius 2 is 1.75 bits per heavy atom. The number of ether oxygens (including phenoxy) is 2. The molecule has 2 fully saturated rings. The maximum atomic E-state index is 13.3. The van der Waals surface area contributed by atoms with Crippen LogP contribution in [0.25, 0.3) is 0 Å². The van der Waals surface area contributed by atoms with Crippen LogP contribution < -0.4 is 15.0 Å². The molecule has 0 atom stereocenters. The van der Waals surface area contributed by atoms with Gasteiger partial charge in [-0.2, -0.15) is 0 Å². The minimum atomic E-state index is -0.353. The van der Waals surface area contributed by atoms with E-state index in [0.717, 1.165) is 51.0 Å². The number of hydrogen-bond donors (Lipinski definition) is 1. The number of likely N-dealkylation sites (tertiary alicyclic amines) is 2. The molecule has 2 heterocycles. The minimum Gasteiger partial charge on any atom is -0.495 e. The van der Waals surface area contributed by atoms with E-state index in [-0.39, 0.29) is 24.3 Å². The normalized spacial score (nSPS) is 17.8. The van der Waals surface area contributed by atoms with Crippen LogP contribution >= 0.6 is 0 Å². The van der Waals surface area contributed by atoms with Crippen molar-refractivity contribution < 1.29 is 23.9 Å². The first-order valence-electron chi connectivity index (χ1n) is 13.1. The molecule has 3 rings (SSSR count). The number of carbonyl (C=O) groups is 3. The predicted octanol–water partition coefficient (Wildman–Crippen LogP) is 2.54. The molecule has 0 aromatic heterocycles. The van der Waals surface area contributed by atoms with Crippen LogP contribution in [0.2, 0.25) is 0 Å². The fourth-order valence-electron chi connectivity index (χ4n) is 5.04. The number of carbonyl (C=O) groups excluding carboxylic acids is 3. The number of nitrogens with zero attached hydrogens (tertiary/aromatic N) is 3. The van der Waals surface area contributed by atoms with Crippen LogP contribution in [-0.2, 0) is 14.3 Å². The first kappa shape index (κ1) is 27.9. The smallest absolute Gasteiger partial charge is 0.253 e. The first-order chi connectivity index (χ1) is 17.3. The Labute approximate surface area is 215 Å². The molecule has 2 aliphatic heterocycles. The molecule has 0 spiro atoms. The molecule has 2 saturated heterocycles. The van der Waals surface area contributed by atoms with Gasteiger partial charge < -0.3 is 24.2 Å². The van der Waals surface area contributed by atoms with Crippen LogP contribution in [0.5, 0.6) is 5.75 Å². The number of nitrogens with one attached hydrogen (secondary N) is 1. The highest BCUT2D eigenvalue weighted by Crippen LogP contribution is 2.30. The number of hydrogen-bond acceptors (Lipinski definition) is 7. The molecule has 1 aromatic carbocycles. The highest BCUT2D eigenvalue weighted by molar-refractivity contribution is 5.96.